The lowest BCUT2D eigenvalue weighted by Gasteiger charge is -2.28. The quantitative estimate of drug-likeness (QED) is 0.910. The normalized spacial score (nSPS) is 18.6. The number of hydrogen-bond donors (Lipinski definition) is 1. The zero-order chi connectivity index (χ0) is 16.9. The van der Waals surface area contributed by atoms with Crippen LogP contribution in [0.2, 0.25) is 0 Å². The lowest BCUT2D eigenvalue weighted by Crippen LogP contribution is -2.38. The molecule has 24 heavy (non-hydrogen) atoms. The van der Waals surface area contributed by atoms with Crippen LogP contribution in [0.25, 0.3) is 0 Å². The van der Waals surface area contributed by atoms with Gasteiger partial charge in [0.15, 0.2) is 0 Å². The van der Waals surface area contributed by atoms with E-state index in [1.54, 1.807) is 12.5 Å². The first-order valence-corrected chi connectivity index (χ1v) is 8.78. The zero-order valence-electron chi connectivity index (χ0n) is 14.4. The summed E-state index contributed by atoms with van der Waals surface area (Å²) in [6, 6.07) is 5.61. The number of rotatable bonds is 4. The van der Waals surface area contributed by atoms with Gasteiger partial charge in [0, 0.05) is 19.2 Å². The smallest absolute Gasteiger partial charge is 0.323 e. The molecule has 0 spiro atoms. The molecule has 6 nitrogen and oxygen atoms in total. The largest absolute Gasteiger partial charge is 0.467 e. The van der Waals surface area contributed by atoms with E-state index in [1.165, 1.54) is 0 Å². The molecule has 0 saturated carbocycles. The van der Waals surface area contributed by atoms with Gasteiger partial charge in [0.05, 0.1) is 18.5 Å². The van der Waals surface area contributed by atoms with E-state index in [0.29, 0.717) is 5.92 Å². The van der Waals surface area contributed by atoms with Crippen molar-refractivity contribution in [2.24, 2.45) is 5.92 Å². The van der Waals surface area contributed by atoms with E-state index < -0.39 is 0 Å². The second-order valence-corrected chi connectivity index (χ2v) is 6.80. The van der Waals surface area contributed by atoms with E-state index in [0.717, 1.165) is 50.4 Å². The Morgan fingerprint density at radius 2 is 2.25 bits per heavy atom. The van der Waals surface area contributed by atoms with Crippen LogP contribution in [0, 0.1) is 5.92 Å². The molecule has 2 aromatic rings. The Morgan fingerprint density at radius 3 is 3.00 bits per heavy atom. The summed E-state index contributed by atoms with van der Waals surface area (Å²) in [7, 11) is 0. The zero-order valence-corrected chi connectivity index (χ0v) is 14.4. The van der Waals surface area contributed by atoms with Crippen LogP contribution in [-0.4, -0.2) is 27.3 Å². The minimum Gasteiger partial charge on any atom is -0.467 e. The second kappa shape index (κ2) is 7.55. The highest BCUT2D eigenvalue weighted by molar-refractivity contribution is 5.88. The van der Waals surface area contributed by atoms with Crippen molar-refractivity contribution in [3.05, 3.63) is 36.4 Å². The van der Waals surface area contributed by atoms with Crippen LogP contribution < -0.4 is 5.32 Å². The number of urea groups is 1. The molecule has 3 heterocycles. The number of aromatic nitrogens is 2. The number of nitrogens with zero attached hydrogens (tertiary/aromatic N) is 3. The molecule has 1 aliphatic rings. The fourth-order valence-corrected chi connectivity index (χ4v) is 3.24. The van der Waals surface area contributed by atoms with Crippen molar-refractivity contribution < 1.29 is 9.21 Å². The lowest BCUT2D eigenvalue weighted by atomic mass is 10.1. The standard InChI is InChI=1S/C18H26N4O2/c1-14(2)13-22-17(9-10-19-22)20-18(23)21-11-5-3-4-7-15(21)16-8-6-12-24-16/h6,8-10,12,14-15H,3-5,7,11,13H2,1-2H3,(H,20,23)/t15-/m0/s1. The molecule has 130 valence electrons. The molecule has 0 aliphatic carbocycles. The summed E-state index contributed by atoms with van der Waals surface area (Å²) in [4.78, 5) is 14.8. The molecule has 0 bridgehead atoms. The summed E-state index contributed by atoms with van der Waals surface area (Å²) in [6.07, 6.45) is 7.62. The molecule has 1 saturated heterocycles. The Labute approximate surface area is 142 Å². The van der Waals surface area contributed by atoms with Crippen molar-refractivity contribution in [1.82, 2.24) is 14.7 Å². The average Bonchev–Trinajstić information content (AvgIpc) is 3.15. The number of carbonyl (C=O) groups is 1. The number of carbonyl (C=O) groups excluding carboxylic acids is 1. The van der Waals surface area contributed by atoms with E-state index in [9.17, 15) is 4.79 Å². The Hall–Kier alpha value is -2.24. The van der Waals surface area contributed by atoms with Crippen LogP contribution >= 0.6 is 0 Å². The van der Waals surface area contributed by atoms with E-state index in [4.69, 9.17) is 4.42 Å². The highest BCUT2D eigenvalue weighted by atomic mass is 16.3. The van der Waals surface area contributed by atoms with Crippen LogP contribution in [0.4, 0.5) is 10.6 Å². The Balaban J connectivity index is 1.75. The maximum Gasteiger partial charge on any atom is 0.323 e. The molecule has 6 heteroatoms. The Bertz CT molecular complexity index is 648. The van der Waals surface area contributed by atoms with Gasteiger partial charge in [-0.3, -0.25) is 5.32 Å². The van der Waals surface area contributed by atoms with E-state index in [2.05, 4.69) is 24.3 Å². The maximum absolute atomic E-state index is 12.9. The predicted octanol–water partition coefficient (Wildman–Crippen LogP) is 4.28. The van der Waals surface area contributed by atoms with Crippen LogP contribution in [0.1, 0.15) is 51.3 Å². The molecule has 0 aromatic carbocycles. The molecule has 1 aliphatic heterocycles. The first-order valence-electron chi connectivity index (χ1n) is 8.78. The summed E-state index contributed by atoms with van der Waals surface area (Å²) in [6.45, 7) is 5.80. The fraction of sp³-hybridized carbons (Fsp3) is 0.556. The van der Waals surface area contributed by atoms with Crippen molar-refractivity contribution in [1.29, 1.82) is 0 Å². The van der Waals surface area contributed by atoms with E-state index in [-0.39, 0.29) is 12.1 Å². The van der Waals surface area contributed by atoms with Crippen molar-refractivity contribution in [2.75, 3.05) is 11.9 Å². The third-order valence-electron chi connectivity index (χ3n) is 4.37. The van der Waals surface area contributed by atoms with Crippen molar-refractivity contribution >= 4 is 11.8 Å². The van der Waals surface area contributed by atoms with Crippen LogP contribution in [-0.2, 0) is 6.54 Å². The lowest BCUT2D eigenvalue weighted by molar-refractivity contribution is 0.179. The number of furan rings is 1. The van der Waals surface area contributed by atoms with E-state index >= 15 is 0 Å². The SMILES string of the molecule is CC(C)Cn1nccc1NC(=O)N1CCCCC[C@H]1c1ccco1. The molecule has 2 aromatic heterocycles. The monoisotopic (exact) mass is 330 g/mol. The van der Waals surface area contributed by atoms with Gasteiger partial charge in [-0.1, -0.05) is 26.7 Å². The molecule has 3 rings (SSSR count). The second-order valence-electron chi connectivity index (χ2n) is 6.80. The van der Waals surface area contributed by atoms with Gasteiger partial charge in [-0.2, -0.15) is 5.10 Å². The highest BCUT2D eigenvalue weighted by Crippen LogP contribution is 2.31. The molecular formula is C18H26N4O2. The summed E-state index contributed by atoms with van der Waals surface area (Å²) < 4.78 is 7.43. The van der Waals surface area contributed by atoms with Gasteiger partial charge >= 0.3 is 6.03 Å². The Morgan fingerprint density at radius 1 is 1.38 bits per heavy atom. The number of anilines is 1. The summed E-state index contributed by atoms with van der Waals surface area (Å²) in [5.41, 5.74) is 0. The highest BCUT2D eigenvalue weighted by Gasteiger charge is 2.29. The maximum atomic E-state index is 12.9. The third-order valence-corrected chi connectivity index (χ3v) is 4.37. The molecule has 1 fully saturated rings. The fourth-order valence-electron chi connectivity index (χ4n) is 3.24. The number of nitrogens with one attached hydrogen (secondary N) is 1. The summed E-state index contributed by atoms with van der Waals surface area (Å²) in [5.74, 6) is 2.08. The predicted molar refractivity (Wildman–Crippen MR) is 92.7 cm³/mol. The van der Waals surface area contributed by atoms with E-state index in [1.807, 2.05) is 27.8 Å². The van der Waals surface area contributed by atoms with Gasteiger partial charge in [-0.05, 0) is 30.9 Å². The van der Waals surface area contributed by atoms with Crippen LogP contribution in [0.15, 0.2) is 35.1 Å². The Kier molecular flexibility index (Phi) is 5.23. The first kappa shape index (κ1) is 16.6. The molecule has 0 unspecified atom stereocenters. The minimum absolute atomic E-state index is 0.00368. The van der Waals surface area contributed by atoms with Crippen molar-refractivity contribution in [2.45, 2.75) is 52.1 Å². The summed E-state index contributed by atoms with van der Waals surface area (Å²) in [5, 5.41) is 7.34. The number of amides is 2. The van der Waals surface area contributed by atoms with Gasteiger partial charge in [0.25, 0.3) is 0 Å². The summed E-state index contributed by atoms with van der Waals surface area (Å²) >= 11 is 0. The molecular weight excluding hydrogens is 304 g/mol. The molecule has 1 N–H and O–H groups in total. The van der Waals surface area contributed by atoms with Gasteiger partial charge in [-0.15, -0.1) is 0 Å². The van der Waals surface area contributed by atoms with Gasteiger partial charge in [0.1, 0.15) is 11.6 Å². The van der Waals surface area contributed by atoms with Gasteiger partial charge in [-0.25, -0.2) is 9.48 Å². The van der Waals surface area contributed by atoms with Gasteiger partial charge < -0.3 is 9.32 Å². The van der Waals surface area contributed by atoms with Crippen LogP contribution in [0.5, 0.6) is 0 Å². The average molecular weight is 330 g/mol. The first-order chi connectivity index (χ1) is 11.6. The topological polar surface area (TPSA) is 63.3 Å². The molecule has 0 radical (unpaired) electrons. The number of hydrogen-bond acceptors (Lipinski definition) is 3. The molecule has 1 atom stereocenters. The van der Waals surface area contributed by atoms with Crippen LogP contribution in [0.3, 0.4) is 0 Å². The minimum atomic E-state index is -0.0798. The number of likely N-dealkylation sites (tertiary alicyclic amines) is 1. The molecule has 2 amide bonds. The third kappa shape index (κ3) is 3.80. The van der Waals surface area contributed by atoms with Crippen molar-refractivity contribution in [3.63, 3.8) is 0 Å². The van der Waals surface area contributed by atoms with Crippen molar-refractivity contribution in [3.8, 4) is 0 Å². The van der Waals surface area contributed by atoms with Gasteiger partial charge in [0.2, 0.25) is 0 Å².